The van der Waals surface area contributed by atoms with Crippen LogP contribution in [0.2, 0.25) is 0 Å². The average Bonchev–Trinajstić information content (AvgIpc) is 2.44. The first kappa shape index (κ1) is 13.4. The molecule has 1 N–H and O–H groups in total. The molecule has 1 heterocycles. The van der Waals surface area contributed by atoms with Crippen LogP contribution in [0.25, 0.3) is 0 Å². The zero-order valence-corrected chi connectivity index (χ0v) is 11.0. The van der Waals surface area contributed by atoms with Crippen molar-refractivity contribution in [2.45, 2.75) is 19.9 Å². The number of hydrogen-bond acceptors (Lipinski definition) is 3. The van der Waals surface area contributed by atoms with Gasteiger partial charge in [-0.1, -0.05) is 24.3 Å². The van der Waals surface area contributed by atoms with E-state index in [-0.39, 0.29) is 12.6 Å². The van der Waals surface area contributed by atoms with Crippen LogP contribution in [-0.4, -0.2) is 36.6 Å². The Bertz CT molecular complexity index is 474. The van der Waals surface area contributed by atoms with Gasteiger partial charge in [-0.05, 0) is 24.5 Å². The van der Waals surface area contributed by atoms with E-state index in [0.717, 1.165) is 6.42 Å². The number of fused-ring (bicyclic) bond motifs is 1. The summed E-state index contributed by atoms with van der Waals surface area (Å²) < 4.78 is 4.76. The predicted molar refractivity (Wildman–Crippen MR) is 70.6 cm³/mol. The largest absolute Gasteiger partial charge is 0.465 e. The second-order valence-corrected chi connectivity index (χ2v) is 4.40. The molecule has 1 aromatic rings. The lowest BCUT2D eigenvalue weighted by molar-refractivity contribution is -0.141. The van der Waals surface area contributed by atoms with Gasteiger partial charge in [0.25, 0.3) is 0 Å². The summed E-state index contributed by atoms with van der Waals surface area (Å²) in [6.45, 7) is 3.24. The number of carbonyl (C=O) groups is 2. The first-order valence-electron chi connectivity index (χ1n) is 6.46. The quantitative estimate of drug-likeness (QED) is 0.836. The van der Waals surface area contributed by atoms with Gasteiger partial charge in [-0.25, -0.2) is 4.79 Å². The molecule has 0 spiro atoms. The fourth-order valence-electron chi connectivity index (χ4n) is 2.14. The van der Waals surface area contributed by atoms with Crippen LogP contribution in [0, 0.1) is 0 Å². The average molecular weight is 262 g/mol. The smallest absolute Gasteiger partial charge is 0.325 e. The topological polar surface area (TPSA) is 58.6 Å². The van der Waals surface area contributed by atoms with Crippen LogP contribution >= 0.6 is 0 Å². The lowest BCUT2D eigenvalue weighted by atomic mass is 10.0. The molecule has 0 radical (unpaired) electrons. The number of nitrogens with one attached hydrogen (secondary N) is 1. The van der Waals surface area contributed by atoms with Crippen molar-refractivity contribution in [2.24, 2.45) is 0 Å². The van der Waals surface area contributed by atoms with Gasteiger partial charge in [0.05, 0.1) is 6.61 Å². The van der Waals surface area contributed by atoms with Crippen molar-refractivity contribution in [3.8, 4) is 0 Å². The van der Waals surface area contributed by atoms with Gasteiger partial charge in [-0.3, -0.25) is 4.79 Å². The van der Waals surface area contributed by atoms with Crippen molar-refractivity contribution in [3.05, 3.63) is 35.4 Å². The highest BCUT2D eigenvalue weighted by atomic mass is 16.5. The van der Waals surface area contributed by atoms with Crippen molar-refractivity contribution in [1.29, 1.82) is 0 Å². The standard InChI is InChI=1S/C14H18N2O3/c1-2-19-13(17)9-15-14(18)16-8-7-11-5-3-4-6-12(11)10-16/h3-6H,2,7-10H2,1H3,(H,15,18). The van der Waals surface area contributed by atoms with E-state index < -0.39 is 5.97 Å². The number of esters is 1. The van der Waals surface area contributed by atoms with Gasteiger partial charge in [-0.2, -0.15) is 0 Å². The number of benzene rings is 1. The minimum Gasteiger partial charge on any atom is -0.465 e. The summed E-state index contributed by atoms with van der Waals surface area (Å²) in [6, 6.07) is 7.87. The number of rotatable bonds is 3. The summed E-state index contributed by atoms with van der Waals surface area (Å²) in [4.78, 5) is 24.8. The fraction of sp³-hybridized carbons (Fsp3) is 0.429. The summed E-state index contributed by atoms with van der Waals surface area (Å²) in [5, 5.41) is 2.58. The summed E-state index contributed by atoms with van der Waals surface area (Å²) in [6.07, 6.45) is 0.850. The third kappa shape index (κ3) is 3.47. The zero-order chi connectivity index (χ0) is 13.7. The molecule has 2 amide bonds. The van der Waals surface area contributed by atoms with Crippen LogP contribution in [-0.2, 0) is 22.5 Å². The van der Waals surface area contributed by atoms with E-state index in [4.69, 9.17) is 4.74 Å². The maximum absolute atomic E-state index is 11.9. The summed E-state index contributed by atoms with van der Waals surface area (Å²) >= 11 is 0. The Hall–Kier alpha value is -2.04. The van der Waals surface area contributed by atoms with Crippen LogP contribution in [0.5, 0.6) is 0 Å². The van der Waals surface area contributed by atoms with E-state index in [1.807, 2.05) is 18.2 Å². The summed E-state index contributed by atoms with van der Waals surface area (Å²) in [5.74, 6) is -0.409. The van der Waals surface area contributed by atoms with E-state index in [9.17, 15) is 9.59 Å². The number of nitrogens with zero attached hydrogens (tertiary/aromatic N) is 1. The molecule has 1 aliphatic heterocycles. The van der Waals surface area contributed by atoms with E-state index in [1.165, 1.54) is 11.1 Å². The van der Waals surface area contributed by atoms with Crippen molar-refractivity contribution in [1.82, 2.24) is 10.2 Å². The minimum atomic E-state index is -0.409. The lowest BCUT2D eigenvalue weighted by Gasteiger charge is -2.28. The van der Waals surface area contributed by atoms with Gasteiger partial charge in [-0.15, -0.1) is 0 Å². The van der Waals surface area contributed by atoms with Crippen molar-refractivity contribution in [2.75, 3.05) is 19.7 Å². The molecule has 0 aliphatic carbocycles. The maximum atomic E-state index is 11.9. The molecule has 1 aromatic carbocycles. The molecule has 0 saturated carbocycles. The Kier molecular flexibility index (Phi) is 4.39. The van der Waals surface area contributed by atoms with E-state index in [0.29, 0.717) is 19.7 Å². The van der Waals surface area contributed by atoms with Gasteiger partial charge in [0.15, 0.2) is 0 Å². The normalized spacial score (nSPS) is 13.6. The van der Waals surface area contributed by atoms with Crippen molar-refractivity contribution < 1.29 is 14.3 Å². The molecule has 0 atom stereocenters. The zero-order valence-electron chi connectivity index (χ0n) is 11.0. The molecule has 19 heavy (non-hydrogen) atoms. The van der Waals surface area contributed by atoms with Gasteiger partial charge < -0.3 is 15.0 Å². The second kappa shape index (κ2) is 6.22. The first-order valence-corrected chi connectivity index (χ1v) is 6.46. The van der Waals surface area contributed by atoms with E-state index in [1.54, 1.807) is 11.8 Å². The molecule has 0 fully saturated rings. The van der Waals surface area contributed by atoms with Crippen LogP contribution in [0.4, 0.5) is 4.79 Å². The van der Waals surface area contributed by atoms with Gasteiger partial charge in [0.1, 0.15) is 6.54 Å². The molecule has 102 valence electrons. The molecule has 1 aliphatic rings. The van der Waals surface area contributed by atoms with Gasteiger partial charge in [0, 0.05) is 13.1 Å². The van der Waals surface area contributed by atoms with Crippen LogP contribution in [0.15, 0.2) is 24.3 Å². The summed E-state index contributed by atoms with van der Waals surface area (Å²) in [5.41, 5.74) is 2.46. The molecular weight excluding hydrogens is 244 g/mol. The fourth-order valence-corrected chi connectivity index (χ4v) is 2.14. The van der Waals surface area contributed by atoms with Crippen molar-refractivity contribution >= 4 is 12.0 Å². The van der Waals surface area contributed by atoms with Crippen LogP contribution < -0.4 is 5.32 Å². The Morgan fingerprint density at radius 2 is 2.05 bits per heavy atom. The highest BCUT2D eigenvalue weighted by Crippen LogP contribution is 2.18. The third-order valence-corrected chi connectivity index (χ3v) is 3.11. The minimum absolute atomic E-state index is 0.0786. The molecule has 0 bridgehead atoms. The maximum Gasteiger partial charge on any atom is 0.325 e. The highest BCUT2D eigenvalue weighted by molar-refractivity contribution is 5.81. The second-order valence-electron chi connectivity index (χ2n) is 4.40. The molecule has 0 unspecified atom stereocenters. The Balaban J connectivity index is 1.87. The number of urea groups is 1. The van der Waals surface area contributed by atoms with E-state index >= 15 is 0 Å². The predicted octanol–water partition coefficient (Wildman–Crippen LogP) is 1.32. The van der Waals surface area contributed by atoms with Crippen molar-refractivity contribution in [3.63, 3.8) is 0 Å². The molecule has 5 heteroatoms. The Morgan fingerprint density at radius 3 is 2.79 bits per heavy atom. The molecule has 0 aromatic heterocycles. The first-order chi connectivity index (χ1) is 9.20. The van der Waals surface area contributed by atoms with Crippen LogP contribution in [0.1, 0.15) is 18.1 Å². The third-order valence-electron chi connectivity index (χ3n) is 3.11. The van der Waals surface area contributed by atoms with Gasteiger partial charge in [0.2, 0.25) is 0 Å². The Morgan fingerprint density at radius 1 is 1.32 bits per heavy atom. The number of amides is 2. The highest BCUT2D eigenvalue weighted by Gasteiger charge is 2.20. The molecule has 2 rings (SSSR count). The Labute approximate surface area is 112 Å². The molecule has 5 nitrogen and oxygen atoms in total. The summed E-state index contributed by atoms with van der Waals surface area (Å²) in [7, 11) is 0. The molecular formula is C14H18N2O3. The van der Waals surface area contributed by atoms with E-state index in [2.05, 4.69) is 11.4 Å². The van der Waals surface area contributed by atoms with Gasteiger partial charge >= 0.3 is 12.0 Å². The lowest BCUT2D eigenvalue weighted by Crippen LogP contribution is -2.44. The number of ether oxygens (including phenoxy) is 1. The number of carbonyl (C=O) groups excluding carboxylic acids is 2. The monoisotopic (exact) mass is 262 g/mol. The van der Waals surface area contributed by atoms with Crippen LogP contribution in [0.3, 0.4) is 0 Å². The molecule has 0 saturated heterocycles. The SMILES string of the molecule is CCOC(=O)CNC(=O)N1CCc2ccccc2C1. The number of hydrogen-bond donors (Lipinski definition) is 1.